The van der Waals surface area contributed by atoms with Crippen LogP contribution in [0.25, 0.3) is 0 Å². The normalized spacial score (nSPS) is 11.5. The van der Waals surface area contributed by atoms with Crippen molar-refractivity contribution in [3.8, 4) is 0 Å². The maximum Gasteiger partial charge on any atom is 0.433 e. The molecule has 8 heteroatoms. The molecule has 0 amide bonds. The van der Waals surface area contributed by atoms with Gasteiger partial charge in [-0.2, -0.15) is 18.3 Å². The summed E-state index contributed by atoms with van der Waals surface area (Å²) >= 11 is 0. The van der Waals surface area contributed by atoms with Crippen LogP contribution in [0.3, 0.4) is 0 Å². The summed E-state index contributed by atoms with van der Waals surface area (Å²) in [5.41, 5.74) is -1.10. The number of benzene rings is 1. The number of hydrogen-bond donors (Lipinski definition) is 0. The standard InChI is InChI=1S/C13H10F4N2O2/c1-21-12(20)10-6-11(13(15,16)17)19(18-10)7-8-2-4-9(14)5-3-8/h2-6H,7H2,1H3. The van der Waals surface area contributed by atoms with Gasteiger partial charge in [0.05, 0.1) is 13.7 Å². The Labute approximate surface area is 116 Å². The van der Waals surface area contributed by atoms with E-state index in [1.165, 1.54) is 12.1 Å². The first-order chi connectivity index (χ1) is 9.81. The molecule has 1 heterocycles. The number of carbonyl (C=O) groups is 1. The van der Waals surface area contributed by atoms with Crippen LogP contribution in [0.5, 0.6) is 0 Å². The van der Waals surface area contributed by atoms with Gasteiger partial charge < -0.3 is 4.74 Å². The molecule has 21 heavy (non-hydrogen) atoms. The van der Waals surface area contributed by atoms with Crippen LogP contribution < -0.4 is 0 Å². The highest BCUT2D eigenvalue weighted by Gasteiger charge is 2.36. The smallest absolute Gasteiger partial charge is 0.433 e. The fourth-order valence-electron chi connectivity index (χ4n) is 1.73. The van der Waals surface area contributed by atoms with Gasteiger partial charge in [-0.1, -0.05) is 12.1 Å². The van der Waals surface area contributed by atoms with Crippen molar-refractivity contribution in [2.45, 2.75) is 12.7 Å². The molecule has 2 aromatic rings. The molecule has 0 fully saturated rings. The quantitative estimate of drug-likeness (QED) is 0.647. The van der Waals surface area contributed by atoms with E-state index in [0.717, 1.165) is 19.2 Å². The highest BCUT2D eigenvalue weighted by molar-refractivity contribution is 5.87. The number of rotatable bonds is 3. The molecule has 4 nitrogen and oxygen atoms in total. The molecule has 2 rings (SSSR count). The number of aromatic nitrogens is 2. The molecule has 0 radical (unpaired) electrons. The molecule has 0 saturated carbocycles. The van der Waals surface area contributed by atoms with Crippen molar-refractivity contribution in [2.24, 2.45) is 0 Å². The zero-order chi connectivity index (χ0) is 15.6. The summed E-state index contributed by atoms with van der Waals surface area (Å²) in [7, 11) is 1.05. The lowest BCUT2D eigenvalue weighted by Crippen LogP contribution is -2.15. The Balaban J connectivity index is 2.39. The molecule has 0 atom stereocenters. The van der Waals surface area contributed by atoms with Crippen molar-refractivity contribution < 1.29 is 27.1 Å². The summed E-state index contributed by atoms with van der Waals surface area (Å²) in [4.78, 5) is 11.3. The molecule has 0 aliphatic carbocycles. The van der Waals surface area contributed by atoms with E-state index in [1.54, 1.807) is 0 Å². The molecule has 0 unspecified atom stereocenters. The predicted molar refractivity (Wildman–Crippen MR) is 64.1 cm³/mol. The van der Waals surface area contributed by atoms with E-state index in [1.807, 2.05) is 0 Å². The number of esters is 1. The molecule has 1 aromatic carbocycles. The van der Waals surface area contributed by atoms with E-state index in [4.69, 9.17) is 0 Å². The maximum absolute atomic E-state index is 12.9. The summed E-state index contributed by atoms with van der Waals surface area (Å²) in [6, 6.07) is 5.57. The minimum absolute atomic E-state index is 0.244. The predicted octanol–water partition coefficient (Wildman–Crippen LogP) is 2.88. The zero-order valence-corrected chi connectivity index (χ0v) is 10.8. The summed E-state index contributed by atoms with van der Waals surface area (Å²) in [5.74, 6) is -1.45. The molecule has 0 aliphatic rings. The van der Waals surface area contributed by atoms with Gasteiger partial charge in [0.1, 0.15) is 11.5 Å². The third-order valence-electron chi connectivity index (χ3n) is 2.71. The van der Waals surface area contributed by atoms with Gasteiger partial charge in [0.2, 0.25) is 0 Å². The van der Waals surface area contributed by atoms with Crippen molar-refractivity contribution in [1.29, 1.82) is 0 Å². The van der Waals surface area contributed by atoms with Crippen LogP contribution in [-0.2, 0) is 17.5 Å². The molecule has 1 aromatic heterocycles. The van der Waals surface area contributed by atoms with Crippen LogP contribution in [0, 0.1) is 5.82 Å². The van der Waals surface area contributed by atoms with Crippen LogP contribution in [0.15, 0.2) is 30.3 Å². The molecule has 0 spiro atoms. The lowest BCUT2D eigenvalue weighted by atomic mass is 10.2. The second kappa shape index (κ2) is 5.55. The zero-order valence-electron chi connectivity index (χ0n) is 10.8. The van der Waals surface area contributed by atoms with Crippen molar-refractivity contribution in [1.82, 2.24) is 9.78 Å². The van der Waals surface area contributed by atoms with E-state index in [2.05, 4.69) is 9.84 Å². The fourth-order valence-corrected chi connectivity index (χ4v) is 1.73. The first-order valence-corrected chi connectivity index (χ1v) is 5.79. The van der Waals surface area contributed by atoms with Gasteiger partial charge in [0.25, 0.3) is 0 Å². The van der Waals surface area contributed by atoms with Crippen molar-refractivity contribution in [3.63, 3.8) is 0 Å². The number of alkyl halides is 3. The van der Waals surface area contributed by atoms with Crippen LogP contribution in [-0.4, -0.2) is 22.9 Å². The lowest BCUT2D eigenvalue weighted by molar-refractivity contribution is -0.144. The van der Waals surface area contributed by atoms with Gasteiger partial charge in [-0.3, -0.25) is 4.68 Å². The fraction of sp³-hybridized carbons (Fsp3) is 0.231. The SMILES string of the molecule is COC(=O)c1cc(C(F)(F)F)n(Cc2ccc(F)cc2)n1. The lowest BCUT2D eigenvalue weighted by Gasteiger charge is -2.10. The molecule has 0 bridgehead atoms. The van der Waals surface area contributed by atoms with Crippen molar-refractivity contribution in [2.75, 3.05) is 7.11 Å². The topological polar surface area (TPSA) is 44.1 Å². The highest BCUT2D eigenvalue weighted by Crippen LogP contribution is 2.30. The van der Waals surface area contributed by atoms with Crippen LogP contribution in [0.4, 0.5) is 17.6 Å². The van der Waals surface area contributed by atoms with Gasteiger partial charge in [-0.05, 0) is 17.7 Å². The molecule has 0 N–H and O–H groups in total. The van der Waals surface area contributed by atoms with Gasteiger partial charge in [0.15, 0.2) is 5.69 Å². The van der Waals surface area contributed by atoms with Gasteiger partial charge >= 0.3 is 12.1 Å². The Morgan fingerprint density at radius 2 is 1.90 bits per heavy atom. The second-order valence-corrected chi connectivity index (χ2v) is 4.19. The van der Waals surface area contributed by atoms with Gasteiger partial charge in [-0.25, -0.2) is 9.18 Å². The van der Waals surface area contributed by atoms with E-state index in [-0.39, 0.29) is 6.54 Å². The second-order valence-electron chi connectivity index (χ2n) is 4.19. The number of methoxy groups -OCH3 is 1. The number of hydrogen-bond acceptors (Lipinski definition) is 3. The molecular formula is C13H10F4N2O2. The van der Waals surface area contributed by atoms with E-state index in [0.29, 0.717) is 16.3 Å². The number of carbonyl (C=O) groups excluding carboxylic acids is 1. The Kier molecular flexibility index (Phi) is 3.97. The summed E-state index contributed by atoms with van der Waals surface area (Å²) in [5, 5.41) is 3.59. The third-order valence-corrected chi connectivity index (χ3v) is 2.71. The van der Waals surface area contributed by atoms with Crippen LogP contribution in [0.1, 0.15) is 21.7 Å². The highest BCUT2D eigenvalue weighted by atomic mass is 19.4. The molecular weight excluding hydrogens is 292 g/mol. The van der Waals surface area contributed by atoms with E-state index in [9.17, 15) is 22.4 Å². The number of halogens is 4. The van der Waals surface area contributed by atoms with Gasteiger partial charge in [-0.15, -0.1) is 0 Å². The molecule has 0 aliphatic heterocycles. The summed E-state index contributed by atoms with van der Waals surface area (Å²) in [6.45, 7) is -0.244. The number of ether oxygens (including phenoxy) is 1. The first kappa shape index (κ1) is 15.0. The Morgan fingerprint density at radius 1 is 1.29 bits per heavy atom. The Morgan fingerprint density at radius 3 is 2.43 bits per heavy atom. The Hall–Kier alpha value is -2.38. The van der Waals surface area contributed by atoms with Gasteiger partial charge in [0, 0.05) is 6.07 Å². The molecule has 0 saturated heterocycles. The third kappa shape index (κ3) is 3.39. The largest absolute Gasteiger partial charge is 0.464 e. The summed E-state index contributed by atoms with van der Waals surface area (Å²) < 4.78 is 56.5. The maximum atomic E-state index is 12.9. The monoisotopic (exact) mass is 302 g/mol. The van der Waals surface area contributed by atoms with Crippen LogP contribution >= 0.6 is 0 Å². The minimum atomic E-state index is -4.67. The van der Waals surface area contributed by atoms with Crippen LogP contribution in [0.2, 0.25) is 0 Å². The average molecular weight is 302 g/mol. The molecule has 112 valence electrons. The van der Waals surface area contributed by atoms with E-state index >= 15 is 0 Å². The van der Waals surface area contributed by atoms with Crippen molar-refractivity contribution >= 4 is 5.97 Å². The Bertz CT molecular complexity index is 647. The van der Waals surface area contributed by atoms with Crippen molar-refractivity contribution in [3.05, 3.63) is 53.1 Å². The number of nitrogens with zero attached hydrogens (tertiary/aromatic N) is 2. The minimum Gasteiger partial charge on any atom is -0.464 e. The first-order valence-electron chi connectivity index (χ1n) is 5.79. The average Bonchev–Trinajstić information content (AvgIpc) is 2.84. The summed E-state index contributed by atoms with van der Waals surface area (Å²) in [6.07, 6.45) is -4.67. The van der Waals surface area contributed by atoms with E-state index < -0.39 is 29.4 Å².